The summed E-state index contributed by atoms with van der Waals surface area (Å²) in [6.45, 7) is 2.74. The van der Waals surface area contributed by atoms with Gasteiger partial charge in [0.15, 0.2) is 5.78 Å². The van der Waals surface area contributed by atoms with E-state index in [9.17, 15) is 4.79 Å². The van der Waals surface area contributed by atoms with Gasteiger partial charge in [0, 0.05) is 17.4 Å². The fourth-order valence-corrected chi connectivity index (χ4v) is 2.93. The molecule has 0 bridgehead atoms. The van der Waals surface area contributed by atoms with E-state index >= 15 is 0 Å². The first-order chi connectivity index (χ1) is 11.8. The summed E-state index contributed by atoms with van der Waals surface area (Å²) in [6.07, 6.45) is 3.90. The molecule has 0 heterocycles. The molecule has 0 aliphatic rings. The van der Waals surface area contributed by atoms with Gasteiger partial charge in [-0.15, -0.1) is 11.6 Å². The number of alkyl halides is 1. The minimum atomic E-state index is -0.0893. The van der Waals surface area contributed by atoms with Gasteiger partial charge in [-0.05, 0) is 55.5 Å². The summed E-state index contributed by atoms with van der Waals surface area (Å²) in [5, 5.41) is 0. The van der Waals surface area contributed by atoms with Crippen LogP contribution in [0.25, 0.3) is 0 Å². The first-order valence-corrected chi connectivity index (χ1v) is 9.17. The van der Waals surface area contributed by atoms with Crippen LogP contribution in [0.1, 0.15) is 54.4 Å². The lowest BCUT2D eigenvalue weighted by Crippen LogP contribution is -2.12. The largest absolute Gasteiger partial charge is 0.494 e. The van der Waals surface area contributed by atoms with Crippen molar-refractivity contribution in [2.45, 2.75) is 38.5 Å². The molecule has 0 aliphatic heterocycles. The van der Waals surface area contributed by atoms with Gasteiger partial charge in [-0.2, -0.15) is 0 Å². The molecule has 0 N–H and O–H groups in total. The van der Waals surface area contributed by atoms with Gasteiger partial charge < -0.3 is 4.74 Å². The number of hydrogen-bond donors (Lipinski definition) is 0. The lowest BCUT2D eigenvalue weighted by molar-refractivity contribution is 0.0957. The Labute approximate surface area is 149 Å². The van der Waals surface area contributed by atoms with Crippen molar-refractivity contribution in [3.63, 3.8) is 0 Å². The third-order valence-electron chi connectivity index (χ3n) is 4.11. The lowest BCUT2D eigenvalue weighted by Gasteiger charge is -2.14. The highest BCUT2D eigenvalue weighted by Crippen LogP contribution is 2.25. The van der Waals surface area contributed by atoms with Gasteiger partial charge in [-0.1, -0.05) is 37.3 Å². The van der Waals surface area contributed by atoms with Gasteiger partial charge in [-0.3, -0.25) is 4.79 Å². The molecule has 0 amide bonds. The van der Waals surface area contributed by atoms with Crippen LogP contribution in [0.15, 0.2) is 54.6 Å². The Morgan fingerprint density at radius 3 is 2.33 bits per heavy atom. The second-order valence-corrected chi connectivity index (χ2v) is 6.24. The van der Waals surface area contributed by atoms with Crippen LogP contribution in [0.2, 0.25) is 0 Å². The molecule has 0 aliphatic carbocycles. The lowest BCUT2D eigenvalue weighted by atomic mass is 9.89. The van der Waals surface area contributed by atoms with Gasteiger partial charge in [-0.25, -0.2) is 0 Å². The highest BCUT2D eigenvalue weighted by atomic mass is 35.5. The van der Waals surface area contributed by atoms with E-state index in [2.05, 4.69) is 0 Å². The fraction of sp³-hybridized carbons (Fsp3) is 0.381. The van der Waals surface area contributed by atoms with Crippen LogP contribution in [-0.2, 0) is 0 Å². The summed E-state index contributed by atoms with van der Waals surface area (Å²) in [5.41, 5.74) is 1.81. The van der Waals surface area contributed by atoms with Crippen LogP contribution in [-0.4, -0.2) is 18.3 Å². The first kappa shape index (κ1) is 18.5. The zero-order valence-corrected chi connectivity index (χ0v) is 15.0. The van der Waals surface area contributed by atoms with Crippen molar-refractivity contribution in [1.29, 1.82) is 0 Å². The SMILES string of the molecule is CCC(C(=O)c1ccc(OCCCCCCl)cc1)c1ccccc1. The molecule has 24 heavy (non-hydrogen) atoms. The minimum absolute atomic E-state index is 0.0893. The Morgan fingerprint density at radius 2 is 1.71 bits per heavy atom. The maximum Gasteiger partial charge on any atom is 0.170 e. The standard InChI is InChI=1S/C21H25ClO2/c1-2-20(17-9-5-3-6-10-17)21(23)18-11-13-19(14-12-18)24-16-8-4-7-15-22/h3,5-6,9-14,20H,2,4,7-8,15-16H2,1H3. The normalized spacial score (nSPS) is 11.9. The van der Waals surface area contributed by atoms with Gasteiger partial charge in [0.25, 0.3) is 0 Å². The molecule has 0 spiro atoms. The van der Waals surface area contributed by atoms with Crippen molar-refractivity contribution in [2.24, 2.45) is 0 Å². The number of ether oxygens (including phenoxy) is 1. The number of ketones is 1. The van der Waals surface area contributed by atoms with Crippen molar-refractivity contribution in [3.8, 4) is 5.75 Å². The summed E-state index contributed by atoms with van der Waals surface area (Å²) < 4.78 is 5.70. The molecule has 0 saturated heterocycles. The van der Waals surface area contributed by atoms with E-state index in [0.717, 1.165) is 42.6 Å². The van der Waals surface area contributed by atoms with Crippen LogP contribution in [0.5, 0.6) is 5.75 Å². The van der Waals surface area contributed by atoms with Gasteiger partial charge in [0.05, 0.1) is 6.61 Å². The molecule has 0 saturated carbocycles. The van der Waals surface area contributed by atoms with Gasteiger partial charge in [0.1, 0.15) is 5.75 Å². The van der Waals surface area contributed by atoms with E-state index in [1.54, 1.807) is 0 Å². The third-order valence-corrected chi connectivity index (χ3v) is 4.38. The summed E-state index contributed by atoms with van der Waals surface area (Å²) in [7, 11) is 0. The number of hydrogen-bond acceptors (Lipinski definition) is 2. The highest BCUT2D eigenvalue weighted by Gasteiger charge is 2.19. The molecule has 1 atom stereocenters. The van der Waals surface area contributed by atoms with Crippen LogP contribution in [0.3, 0.4) is 0 Å². The molecule has 2 rings (SSSR count). The number of halogens is 1. The highest BCUT2D eigenvalue weighted by molar-refractivity contribution is 6.17. The third kappa shape index (κ3) is 5.38. The maximum atomic E-state index is 12.8. The van der Waals surface area contributed by atoms with Crippen LogP contribution in [0, 0.1) is 0 Å². The van der Waals surface area contributed by atoms with E-state index in [0.29, 0.717) is 12.5 Å². The molecule has 2 aromatic rings. The number of rotatable bonds is 10. The van der Waals surface area contributed by atoms with Crippen LogP contribution >= 0.6 is 11.6 Å². The molecular formula is C21H25ClO2. The summed E-state index contributed by atoms with van der Waals surface area (Å²) >= 11 is 5.65. The van der Waals surface area contributed by atoms with E-state index in [4.69, 9.17) is 16.3 Å². The smallest absolute Gasteiger partial charge is 0.170 e. The minimum Gasteiger partial charge on any atom is -0.494 e. The average Bonchev–Trinajstić information content (AvgIpc) is 2.63. The summed E-state index contributed by atoms with van der Waals surface area (Å²) in [6, 6.07) is 17.5. The van der Waals surface area contributed by atoms with E-state index in [1.807, 2.05) is 61.5 Å². The molecule has 2 nitrogen and oxygen atoms in total. The number of benzene rings is 2. The number of Topliss-reactive ketones (excluding diaryl/α,β-unsaturated/α-hetero) is 1. The van der Waals surface area contributed by atoms with E-state index in [1.165, 1.54) is 0 Å². The maximum absolute atomic E-state index is 12.8. The number of unbranched alkanes of at least 4 members (excludes halogenated alkanes) is 2. The Hall–Kier alpha value is -1.80. The molecule has 1 unspecified atom stereocenters. The Morgan fingerprint density at radius 1 is 1.00 bits per heavy atom. The molecule has 0 radical (unpaired) electrons. The van der Waals surface area contributed by atoms with Crippen molar-refractivity contribution in [3.05, 3.63) is 65.7 Å². The number of carbonyl (C=O) groups excluding carboxylic acids is 1. The molecule has 3 heteroatoms. The average molecular weight is 345 g/mol. The second-order valence-electron chi connectivity index (χ2n) is 5.86. The van der Waals surface area contributed by atoms with Gasteiger partial charge >= 0.3 is 0 Å². The van der Waals surface area contributed by atoms with E-state index < -0.39 is 0 Å². The van der Waals surface area contributed by atoms with Crippen molar-refractivity contribution in [2.75, 3.05) is 12.5 Å². The van der Waals surface area contributed by atoms with E-state index in [-0.39, 0.29) is 11.7 Å². The summed E-state index contributed by atoms with van der Waals surface area (Å²) in [4.78, 5) is 12.8. The predicted octanol–water partition coefficient (Wildman–Crippen LogP) is 5.85. The predicted molar refractivity (Wildman–Crippen MR) is 100 cm³/mol. The van der Waals surface area contributed by atoms with Crippen LogP contribution in [0.4, 0.5) is 0 Å². The Balaban J connectivity index is 1.95. The Kier molecular flexibility index (Phi) is 7.84. The second kappa shape index (κ2) is 10.1. The van der Waals surface area contributed by atoms with Crippen LogP contribution < -0.4 is 4.74 Å². The molecule has 2 aromatic carbocycles. The zero-order chi connectivity index (χ0) is 17.2. The van der Waals surface area contributed by atoms with Gasteiger partial charge in [0.2, 0.25) is 0 Å². The fourth-order valence-electron chi connectivity index (χ4n) is 2.74. The first-order valence-electron chi connectivity index (χ1n) is 8.64. The molecule has 0 aromatic heterocycles. The summed E-state index contributed by atoms with van der Waals surface area (Å²) in [5.74, 6) is 1.59. The zero-order valence-electron chi connectivity index (χ0n) is 14.2. The van der Waals surface area contributed by atoms with Crippen molar-refractivity contribution >= 4 is 17.4 Å². The van der Waals surface area contributed by atoms with Crippen molar-refractivity contribution in [1.82, 2.24) is 0 Å². The quantitative estimate of drug-likeness (QED) is 0.307. The Bertz CT molecular complexity index is 607. The molecule has 0 fully saturated rings. The van der Waals surface area contributed by atoms with Crippen molar-refractivity contribution < 1.29 is 9.53 Å². The number of carbonyl (C=O) groups is 1. The molecule has 128 valence electrons. The monoisotopic (exact) mass is 344 g/mol. The molecular weight excluding hydrogens is 320 g/mol. The topological polar surface area (TPSA) is 26.3 Å².